The molecule has 0 bridgehead atoms. The summed E-state index contributed by atoms with van der Waals surface area (Å²) in [6, 6.07) is 26.6. The number of unbranched alkanes of at least 4 members (excludes halogenated alkanes) is 1. The highest BCUT2D eigenvalue weighted by atomic mass is 79.9. The van der Waals surface area contributed by atoms with Gasteiger partial charge in [0.15, 0.2) is 0 Å². The summed E-state index contributed by atoms with van der Waals surface area (Å²) in [5.74, 6) is -0.975. The minimum absolute atomic E-state index is 0.0541. The summed E-state index contributed by atoms with van der Waals surface area (Å²) in [4.78, 5) is 29.6. The molecule has 1 N–H and O–H groups in total. The first kappa shape index (κ1) is 35.6. The van der Waals surface area contributed by atoms with Gasteiger partial charge in [0.2, 0.25) is 11.8 Å². The SMILES string of the molecule is CCCCNC(=O)[C@@H](Cc1ccccc1)N(Cc1ccc(Br)cc1)C(=O)CN(c1ccc(OCC)cc1)S(=O)(=O)c1ccc(F)cc1. The van der Waals surface area contributed by atoms with Crippen molar-refractivity contribution in [3.63, 3.8) is 0 Å². The first-order valence-electron chi connectivity index (χ1n) is 15.5. The fourth-order valence-corrected chi connectivity index (χ4v) is 6.66. The first-order valence-corrected chi connectivity index (χ1v) is 17.7. The van der Waals surface area contributed by atoms with Crippen molar-refractivity contribution < 1.29 is 27.1 Å². The summed E-state index contributed by atoms with van der Waals surface area (Å²) in [5.41, 5.74) is 1.82. The summed E-state index contributed by atoms with van der Waals surface area (Å²) < 4.78 is 49.4. The van der Waals surface area contributed by atoms with Crippen molar-refractivity contribution in [2.24, 2.45) is 0 Å². The van der Waals surface area contributed by atoms with Crippen molar-refractivity contribution in [3.8, 4) is 5.75 Å². The number of sulfonamides is 1. The van der Waals surface area contributed by atoms with Gasteiger partial charge in [0.1, 0.15) is 24.2 Å². The van der Waals surface area contributed by atoms with Crippen LogP contribution in [0.15, 0.2) is 112 Å². The van der Waals surface area contributed by atoms with Crippen LogP contribution in [-0.2, 0) is 32.6 Å². The number of carbonyl (C=O) groups is 2. The molecule has 2 amide bonds. The average Bonchev–Trinajstić information content (AvgIpc) is 3.07. The smallest absolute Gasteiger partial charge is 0.264 e. The number of carbonyl (C=O) groups excluding carboxylic acids is 2. The second kappa shape index (κ2) is 17.1. The molecule has 4 aromatic carbocycles. The van der Waals surface area contributed by atoms with Crippen molar-refractivity contribution in [2.45, 2.75) is 50.6 Å². The molecule has 47 heavy (non-hydrogen) atoms. The lowest BCUT2D eigenvalue weighted by molar-refractivity contribution is -0.140. The summed E-state index contributed by atoms with van der Waals surface area (Å²) in [6.07, 6.45) is 1.87. The maximum atomic E-state index is 14.5. The maximum absolute atomic E-state index is 14.5. The topological polar surface area (TPSA) is 96.0 Å². The van der Waals surface area contributed by atoms with E-state index in [9.17, 15) is 22.4 Å². The van der Waals surface area contributed by atoms with Crippen LogP contribution in [0.1, 0.15) is 37.8 Å². The molecular weight excluding hydrogens is 685 g/mol. The number of anilines is 1. The zero-order chi connectivity index (χ0) is 33.8. The van der Waals surface area contributed by atoms with E-state index in [4.69, 9.17) is 4.74 Å². The Kier molecular flexibility index (Phi) is 12.9. The van der Waals surface area contributed by atoms with Crippen LogP contribution >= 0.6 is 15.9 Å². The van der Waals surface area contributed by atoms with E-state index in [2.05, 4.69) is 21.2 Å². The van der Waals surface area contributed by atoms with E-state index in [1.54, 1.807) is 24.3 Å². The van der Waals surface area contributed by atoms with E-state index in [1.165, 1.54) is 4.90 Å². The predicted octanol–water partition coefficient (Wildman–Crippen LogP) is 6.74. The minimum Gasteiger partial charge on any atom is -0.494 e. The van der Waals surface area contributed by atoms with Crippen LogP contribution in [0.3, 0.4) is 0 Å². The highest BCUT2D eigenvalue weighted by Gasteiger charge is 2.34. The molecule has 0 fully saturated rings. The van der Waals surface area contributed by atoms with Gasteiger partial charge >= 0.3 is 0 Å². The van der Waals surface area contributed by atoms with Gasteiger partial charge in [0, 0.05) is 24.0 Å². The molecule has 4 aromatic rings. The van der Waals surface area contributed by atoms with Gasteiger partial charge in [-0.15, -0.1) is 0 Å². The van der Waals surface area contributed by atoms with E-state index < -0.39 is 34.3 Å². The van der Waals surface area contributed by atoms with Crippen molar-refractivity contribution in [3.05, 3.63) is 125 Å². The van der Waals surface area contributed by atoms with Crippen LogP contribution in [0.25, 0.3) is 0 Å². The predicted molar refractivity (Wildman–Crippen MR) is 185 cm³/mol. The average molecular weight is 725 g/mol. The summed E-state index contributed by atoms with van der Waals surface area (Å²) in [7, 11) is -4.35. The van der Waals surface area contributed by atoms with Crippen molar-refractivity contribution in [2.75, 3.05) is 24.0 Å². The Morgan fingerprint density at radius 1 is 0.872 bits per heavy atom. The summed E-state index contributed by atoms with van der Waals surface area (Å²) >= 11 is 3.44. The molecule has 0 aromatic heterocycles. The Balaban J connectivity index is 1.78. The number of hydrogen-bond donors (Lipinski definition) is 1. The maximum Gasteiger partial charge on any atom is 0.264 e. The van der Waals surface area contributed by atoms with Gasteiger partial charge in [-0.25, -0.2) is 12.8 Å². The van der Waals surface area contributed by atoms with Crippen LogP contribution in [0.2, 0.25) is 0 Å². The molecule has 0 heterocycles. The van der Waals surface area contributed by atoms with Gasteiger partial charge in [0.25, 0.3) is 10.0 Å². The molecule has 248 valence electrons. The third kappa shape index (κ3) is 9.89. The summed E-state index contributed by atoms with van der Waals surface area (Å²) in [5, 5.41) is 2.98. The fourth-order valence-electron chi connectivity index (χ4n) is 4.98. The van der Waals surface area contributed by atoms with Crippen LogP contribution in [-0.4, -0.2) is 50.9 Å². The molecule has 1 atom stereocenters. The number of nitrogens with zero attached hydrogens (tertiary/aromatic N) is 2. The van der Waals surface area contributed by atoms with Crippen LogP contribution < -0.4 is 14.4 Å². The van der Waals surface area contributed by atoms with Crippen LogP contribution in [0.5, 0.6) is 5.75 Å². The van der Waals surface area contributed by atoms with Gasteiger partial charge in [-0.05, 0) is 85.1 Å². The van der Waals surface area contributed by atoms with Crippen molar-refractivity contribution in [1.29, 1.82) is 0 Å². The van der Waals surface area contributed by atoms with E-state index >= 15 is 0 Å². The molecule has 8 nitrogen and oxygen atoms in total. The molecule has 0 aliphatic carbocycles. The highest BCUT2D eigenvalue weighted by molar-refractivity contribution is 9.10. The first-order chi connectivity index (χ1) is 22.6. The van der Waals surface area contributed by atoms with Crippen LogP contribution in [0.4, 0.5) is 10.1 Å². The second-order valence-electron chi connectivity index (χ2n) is 10.9. The normalized spacial score (nSPS) is 11.8. The van der Waals surface area contributed by atoms with E-state index in [1.807, 2.05) is 68.4 Å². The third-order valence-corrected chi connectivity index (χ3v) is 9.80. The van der Waals surface area contributed by atoms with Crippen molar-refractivity contribution >= 4 is 43.5 Å². The number of hydrogen-bond acceptors (Lipinski definition) is 5. The van der Waals surface area contributed by atoms with Crippen molar-refractivity contribution in [1.82, 2.24) is 10.2 Å². The largest absolute Gasteiger partial charge is 0.494 e. The van der Waals surface area contributed by atoms with Gasteiger partial charge in [-0.1, -0.05) is 71.7 Å². The zero-order valence-corrected chi connectivity index (χ0v) is 28.8. The Morgan fingerprint density at radius 2 is 1.53 bits per heavy atom. The molecular formula is C36H39BrFN3O5S. The Bertz CT molecular complexity index is 1700. The minimum atomic E-state index is -4.35. The zero-order valence-electron chi connectivity index (χ0n) is 26.4. The highest BCUT2D eigenvalue weighted by Crippen LogP contribution is 2.27. The number of benzene rings is 4. The number of halogens is 2. The molecule has 0 saturated carbocycles. The molecule has 0 aliphatic heterocycles. The van der Waals surface area contributed by atoms with Gasteiger partial charge in [-0.2, -0.15) is 0 Å². The van der Waals surface area contributed by atoms with Gasteiger partial charge in [-0.3, -0.25) is 13.9 Å². The van der Waals surface area contributed by atoms with E-state index in [-0.39, 0.29) is 29.5 Å². The van der Waals surface area contributed by atoms with E-state index in [0.29, 0.717) is 18.9 Å². The van der Waals surface area contributed by atoms with Crippen LogP contribution in [0, 0.1) is 5.82 Å². The number of nitrogens with one attached hydrogen (secondary N) is 1. The number of amides is 2. The lowest BCUT2D eigenvalue weighted by Crippen LogP contribution is -2.53. The number of rotatable bonds is 16. The molecule has 11 heteroatoms. The van der Waals surface area contributed by atoms with Gasteiger partial charge in [0.05, 0.1) is 17.2 Å². The Hall–Kier alpha value is -4.22. The fraction of sp³-hybridized carbons (Fsp3) is 0.278. The molecule has 0 saturated heterocycles. The molecule has 4 rings (SSSR count). The van der Waals surface area contributed by atoms with Gasteiger partial charge < -0.3 is 15.0 Å². The van der Waals surface area contributed by atoms with E-state index in [0.717, 1.165) is 57.0 Å². The monoisotopic (exact) mass is 723 g/mol. The lowest BCUT2D eigenvalue weighted by atomic mass is 10.0. The molecule has 0 radical (unpaired) electrons. The molecule has 0 spiro atoms. The molecule has 0 unspecified atom stereocenters. The lowest BCUT2D eigenvalue weighted by Gasteiger charge is -2.34. The second-order valence-corrected chi connectivity index (χ2v) is 13.7. The quantitative estimate of drug-likeness (QED) is 0.129. The third-order valence-electron chi connectivity index (χ3n) is 7.48. The Labute approximate surface area is 284 Å². The summed E-state index contributed by atoms with van der Waals surface area (Å²) in [6.45, 7) is 4.16. The molecule has 0 aliphatic rings. The Morgan fingerprint density at radius 3 is 2.15 bits per heavy atom. The standard InChI is InChI=1S/C36H39BrFN3O5S/c1-3-5-23-39-36(43)34(24-27-9-7-6-8-10-27)40(25-28-11-13-29(37)14-12-28)35(42)26-41(31-17-19-32(20-18-31)46-4-2)47(44,45)33-21-15-30(38)16-22-33/h6-22,34H,3-5,23-26H2,1-2H3,(H,39,43)/t34-/m1/s1. The number of ether oxygens (including phenoxy) is 1.